The van der Waals surface area contributed by atoms with Crippen molar-refractivity contribution in [2.75, 3.05) is 16.0 Å². The van der Waals surface area contributed by atoms with Crippen LogP contribution in [0.3, 0.4) is 0 Å². The molecule has 0 spiro atoms. The second-order valence-electron chi connectivity index (χ2n) is 8.65. The number of benzene rings is 3. The van der Waals surface area contributed by atoms with E-state index in [2.05, 4.69) is 20.9 Å². The maximum atomic E-state index is 13.2. The van der Waals surface area contributed by atoms with Gasteiger partial charge in [0.25, 0.3) is 5.91 Å². The van der Waals surface area contributed by atoms with Crippen molar-refractivity contribution in [3.05, 3.63) is 89.3 Å². The van der Waals surface area contributed by atoms with Crippen LogP contribution in [0.25, 0.3) is 11.3 Å². The van der Waals surface area contributed by atoms with Crippen LogP contribution in [0.4, 0.5) is 16.5 Å². The molecule has 3 N–H and O–H groups in total. The van der Waals surface area contributed by atoms with Gasteiger partial charge in [0.1, 0.15) is 5.37 Å². The Kier molecular flexibility index (Phi) is 6.77. The van der Waals surface area contributed by atoms with E-state index in [1.165, 1.54) is 42.5 Å². The average Bonchev–Trinajstić information content (AvgIpc) is 3.37. The van der Waals surface area contributed by atoms with E-state index in [0.717, 1.165) is 16.8 Å². The summed E-state index contributed by atoms with van der Waals surface area (Å²) >= 11 is 1.29. The molecule has 1 unspecified atom stereocenters. The van der Waals surface area contributed by atoms with Crippen LogP contribution in [0.1, 0.15) is 29.3 Å². The number of rotatable bonds is 6. The smallest absolute Gasteiger partial charge is 0.257 e. The lowest BCUT2D eigenvalue weighted by Gasteiger charge is -2.26. The number of nitrogens with one attached hydrogen (secondary N) is 3. The Hall–Kier alpha value is -4.02. The molecule has 0 aliphatic carbocycles. The molecule has 0 radical (unpaired) electrons. The van der Waals surface area contributed by atoms with E-state index >= 15 is 0 Å². The molecule has 0 bridgehead atoms. The number of para-hydroxylation sites is 1. The molecule has 8 nitrogen and oxygen atoms in total. The highest BCUT2D eigenvalue weighted by Gasteiger charge is 2.30. The molecule has 4 aromatic rings. The fraction of sp³-hybridized carbons (Fsp3) is 0.148. The van der Waals surface area contributed by atoms with Crippen LogP contribution in [0.15, 0.2) is 83.1 Å². The Morgan fingerprint density at radius 3 is 2.43 bits per heavy atom. The van der Waals surface area contributed by atoms with E-state index in [9.17, 15) is 18.0 Å². The lowest BCUT2D eigenvalue weighted by molar-refractivity contribution is -0.114. The van der Waals surface area contributed by atoms with Crippen LogP contribution in [-0.2, 0) is 21.1 Å². The first-order valence-corrected chi connectivity index (χ1v) is 14.1. The fourth-order valence-electron chi connectivity index (χ4n) is 4.16. The van der Waals surface area contributed by atoms with Crippen LogP contribution < -0.4 is 16.0 Å². The molecule has 5 rings (SSSR count). The van der Waals surface area contributed by atoms with Gasteiger partial charge in [-0.3, -0.25) is 14.9 Å². The number of thiazole rings is 1. The molecule has 1 aliphatic heterocycles. The van der Waals surface area contributed by atoms with Crippen molar-refractivity contribution in [3.63, 3.8) is 0 Å². The van der Waals surface area contributed by atoms with Crippen molar-refractivity contribution in [2.24, 2.45) is 0 Å². The minimum atomic E-state index is -3.62. The number of hydrogen-bond acceptors (Lipinski definition) is 7. The molecule has 2 heterocycles. The van der Waals surface area contributed by atoms with Crippen molar-refractivity contribution in [2.45, 2.75) is 30.0 Å². The van der Waals surface area contributed by atoms with Crippen LogP contribution in [-0.4, -0.2) is 30.6 Å². The summed E-state index contributed by atoms with van der Waals surface area (Å²) in [7, 11) is -3.62. The number of carbonyl (C=O) groups is 2. The summed E-state index contributed by atoms with van der Waals surface area (Å²) in [4.78, 5) is 28.6. The number of fused-ring (bicyclic) bond motifs is 1. The topological polar surface area (TPSA) is 117 Å². The Bertz CT molecular complexity index is 1560. The molecule has 1 aromatic heterocycles. The third-order valence-electron chi connectivity index (χ3n) is 6.06. The van der Waals surface area contributed by atoms with Crippen molar-refractivity contribution in [3.8, 4) is 11.3 Å². The fourth-order valence-corrected chi connectivity index (χ4v) is 6.43. The van der Waals surface area contributed by atoms with Crippen LogP contribution in [0, 0.1) is 0 Å². The standard InChI is InChI=1S/C27H24N4O4S2/c1-17(32)28-21-11-6-19(7-12-21)24-16-36-27(30-24)31-26(33)20-8-13-22(14-9-20)37(34,35)25-15-10-18-4-2-3-5-23(18)29-25/h2-9,11-14,16,25,29H,10,15H2,1H3,(H,28,32)(H,30,31,33). The van der Waals surface area contributed by atoms with E-state index in [0.29, 0.717) is 34.9 Å². The van der Waals surface area contributed by atoms with E-state index in [1.54, 1.807) is 12.1 Å². The molecule has 2 amide bonds. The third kappa shape index (κ3) is 5.40. The van der Waals surface area contributed by atoms with Gasteiger partial charge in [0.2, 0.25) is 5.91 Å². The SMILES string of the molecule is CC(=O)Nc1ccc(-c2csc(NC(=O)c3ccc(S(=O)(=O)C4CCc5ccccc5N4)cc3)n2)cc1. The van der Waals surface area contributed by atoms with Crippen molar-refractivity contribution < 1.29 is 18.0 Å². The second-order valence-corrected chi connectivity index (χ2v) is 11.6. The molecule has 0 saturated carbocycles. The molecule has 37 heavy (non-hydrogen) atoms. The summed E-state index contributed by atoms with van der Waals surface area (Å²) in [5.41, 5.74) is 4.50. The number of aryl methyl sites for hydroxylation is 1. The van der Waals surface area contributed by atoms with Gasteiger partial charge in [0.15, 0.2) is 15.0 Å². The number of nitrogens with zero attached hydrogens (tertiary/aromatic N) is 1. The first-order valence-electron chi connectivity index (χ1n) is 11.6. The minimum Gasteiger partial charge on any atom is -0.369 e. The zero-order valence-electron chi connectivity index (χ0n) is 19.9. The van der Waals surface area contributed by atoms with Gasteiger partial charge < -0.3 is 10.6 Å². The zero-order chi connectivity index (χ0) is 26.0. The van der Waals surface area contributed by atoms with E-state index in [1.807, 2.05) is 41.8 Å². The first kappa shape index (κ1) is 24.7. The number of aromatic nitrogens is 1. The van der Waals surface area contributed by atoms with Gasteiger partial charge >= 0.3 is 0 Å². The van der Waals surface area contributed by atoms with Crippen molar-refractivity contribution in [1.29, 1.82) is 0 Å². The second kappa shape index (κ2) is 10.2. The summed E-state index contributed by atoms with van der Waals surface area (Å²) in [6.07, 6.45) is 1.16. The van der Waals surface area contributed by atoms with Gasteiger partial charge in [0, 0.05) is 34.8 Å². The number of carbonyl (C=O) groups excluding carboxylic acids is 2. The van der Waals surface area contributed by atoms with E-state index in [4.69, 9.17) is 0 Å². The van der Waals surface area contributed by atoms with Gasteiger partial charge in [-0.2, -0.15) is 0 Å². The third-order valence-corrected chi connectivity index (χ3v) is 8.84. The molecule has 1 aliphatic rings. The van der Waals surface area contributed by atoms with Crippen molar-refractivity contribution >= 4 is 49.5 Å². The lowest BCUT2D eigenvalue weighted by Crippen LogP contribution is -2.33. The Balaban J connectivity index is 1.24. The van der Waals surface area contributed by atoms with E-state index in [-0.39, 0.29) is 16.7 Å². The monoisotopic (exact) mass is 532 g/mol. The van der Waals surface area contributed by atoms with Crippen LogP contribution in [0.5, 0.6) is 0 Å². The highest BCUT2D eigenvalue weighted by molar-refractivity contribution is 7.92. The zero-order valence-corrected chi connectivity index (χ0v) is 21.5. The predicted octanol–water partition coefficient (Wildman–Crippen LogP) is 5.18. The van der Waals surface area contributed by atoms with E-state index < -0.39 is 15.2 Å². The summed E-state index contributed by atoms with van der Waals surface area (Å²) in [5.74, 6) is -0.524. The maximum absolute atomic E-state index is 13.2. The summed E-state index contributed by atoms with van der Waals surface area (Å²) in [6.45, 7) is 1.45. The summed E-state index contributed by atoms with van der Waals surface area (Å²) in [6, 6.07) is 20.9. The number of anilines is 3. The molecule has 188 valence electrons. The molecular weight excluding hydrogens is 508 g/mol. The quantitative estimate of drug-likeness (QED) is 0.315. The molecule has 1 atom stereocenters. The van der Waals surface area contributed by atoms with Gasteiger partial charge in [-0.15, -0.1) is 11.3 Å². The molecule has 3 aromatic carbocycles. The van der Waals surface area contributed by atoms with Crippen LogP contribution >= 0.6 is 11.3 Å². The van der Waals surface area contributed by atoms with Gasteiger partial charge in [-0.1, -0.05) is 30.3 Å². The van der Waals surface area contributed by atoms with Gasteiger partial charge in [-0.05, 0) is 60.9 Å². The minimum absolute atomic E-state index is 0.145. The van der Waals surface area contributed by atoms with Gasteiger partial charge in [0.05, 0.1) is 10.6 Å². The summed E-state index contributed by atoms with van der Waals surface area (Å²) < 4.78 is 26.4. The Morgan fingerprint density at radius 2 is 1.70 bits per heavy atom. The normalized spacial score (nSPS) is 14.8. The molecule has 0 saturated heterocycles. The first-order chi connectivity index (χ1) is 17.8. The predicted molar refractivity (Wildman–Crippen MR) is 146 cm³/mol. The number of amides is 2. The Morgan fingerprint density at radius 1 is 0.973 bits per heavy atom. The van der Waals surface area contributed by atoms with Crippen molar-refractivity contribution in [1.82, 2.24) is 4.98 Å². The van der Waals surface area contributed by atoms with Gasteiger partial charge in [-0.25, -0.2) is 13.4 Å². The number of sulfone groups is 1. The highest BCUT2D eigenvalue weighted by atomic mass is 32.2. The molecule has 10 heteroatoms. The summed E-state index contributed by atoms with van der Waals surface area (Å²) in [5, 5.41) is 10.2. The van der Waals surface area contributed by atoms with Crippen LogP contribution in [0.2, 0.25) is 0 Å². The molecule has 0 fully saturated rings. The number of hydrogen-bond donors (Lipinski definition) is 3. The average molecular weight is 533 g/mol. The Labute approximate surface area is 218 Å². The largest absolute Gasteiger partial charge is 0.369 e. The molecular formula is C27H24N4O4S2. The lowest BCUT2D eigenvalue weighted by atomic mass is 10.0. The maximum Gasteiger partial charge on any atom is 0.257 e. The highest BCUT2D eigenvalue weighted by Crippen LogP contribution is 2.30.